The zero-order valence-corrected chi connectivity index (χ0v) is 15.3. The van der Waals surface area contributed by atoms with E-state index in [1.165, 1.54) is 7.11 Å². The molecule has 1 aliphatic heterocycles. The first-order valence-electron chi connectivity index (χ1n) is 8.69. The molecule has 3 N–H and O–H groups in total. The Morgan fingerprint density at radius 2 is 1.96 bits per heavy atom. The molecule has 6 nitrogen and oxygen atoms in total. The molecule has 1 aliphatic rings. The van der Waals surface area contributed by atoms with Crippen molar-refractivity contribution in [2.45, 2.75) is 25.8 Å². The third kappa shape index (κ3) is 4.11. The highest BCUT2D eigenvalue weighted by molar-refractivity contribution is 6.09. The van der Waals surface area contributed by atoms with Crippen molar-refractivity contribution in [1.82, 2.24) is 10.6 Å². The summed E-state index contributed by atoms with van der Waals surface area (Å²) in [7, 11) is 1.49. The molecule has 6 heteroatoms. The topological polar surface area (TPSA) is 87.7 Å². The summed E-state index contributed by atoms with van der Waals surface area (Å²) >= 11 is 0. The minimum absolute atomic E-state index is 0.0604. The van der Waals surface area contributed by atoms with Crippen molar-refractivity contribution in [2.24, 2.45) is 0 Å². The van der Waals surface area contributed by atoms with E-state index in [9.17, 15) is 14.7 Å². The highest BCUT2D eigenvalue weighted by atomic mass is 16.5. The van der Waals surface area contributed by atoms with Gasteiger partial charge in [0, 0.05) is 30.2 Å². The Hall–Kier alpha value is -3.28. The van der Waals surface area contributed by atoms with Crippen LogP contribution in [0.4, 0.5) is 0 Å². The minimum atomic E-state index is -0.373. The quantitative estimate of drug-likeness (QED) is 0.559. The molecule has 27 heavy (non-hydrogen) atoms. The number of imide groups is 1. The smallest absolute Gasteiger partial charge is 0.256 e. The summed E-state index contributed by atoms with van der Waals surface area (Å²) < 4.78 is 5.04. The Balaban J connectivity index is 1.85. The van der Waals surface area contributed by atoms with E-state index in [-0.39, 0.29) is 29.9 Å². The molecule has 2 aromatic rings. The van der Waals surface area contributed by atoms with Crippen LogP contribution in [-0.2, 0) is 16.1 Å². The number of carbonyl (C=O) groups excluding carboxylic acids is 2. The Morgan fingerprint density at radius 1 is 1.22 bits per heavy atom. The van der Waals surface area contributed by atoms with Crippen LogP contribution in [0.15, 0.2) is 59.8 Å². The van der Waals surface area contributed by atoms with Gasteiger partial charge in [-0.2, -0.15) is 0 Å². The molecule has 0 aromatic heterocycles. The summed E-state index contributed by atoms with van der Waals surface area (Å²) in [6.45, 7) is 2.25. The molecule has 1 fully saturated rings. The van der Waals surface area contributed by atoms with Gasteiger partial charge in [-0.25, -0.2) is 0 Å². The highest BCUT2D eigenvalue weighted by Crippen LogP contribution is 2.32. The molecule has 0 radical (unpaired) electrons. The lowest BCUT2D eigenvalue weighted by atomic mass is 9.84. The predicted molar refractivity (Wildman–Crippen MR) is 101 cm³/mol. The minimum Gasteiger partial charge on any atom is -0.504 e. The summed E-state index contributed by atoms with van der Waals surface area (Å²) in [5.41, 5.74) is 3.03. The van der Waals surface area contributed by atoms with Crippen molar-refractivity contribution in [3.8, 4) is 11.5 Å². The highest BCUT2D eigenvalue weighted by Gasteiger charge is 2.33. The van der Waals surface area contributed by atoms with Crippen molar-refractivity contribution in [2.75, 3.05) is 7.11 Å². The largest absolute Gasteiger partial charge is 0.504 e. The summed E-state index contributed by atoms with van der Waals surface area (Å²) in [5.74, 6) is -0.467. The fraction of sp³-hybridized carbons (Fsp3) is 0.238. The maximum absolute atomic E-state index is 12.5. The van der Waals surface area contributed by atoms with Gasteiger partial charge in [0.15, 0.2) is 11.5 Å². The van der Waals surface area contributed by atoms with Gasteiger partial charge >= 0.3 is 0 Å². The molecule has 1 saturated heterocycles. The van der Waals surface area contributed by atoms with Gasteiger partial charge in [0.2, 0.25) is 5.91 Å². The number of ether oxygens (including phenoxy) is 1. The van der Waals surface area contributed by atoms with Crippen LogP contribution in [0.25, 0.3) is 0 Å². The lowest BCUT2D eigenvalue weighted by molar-refractivity contribution is -0.130. The lowest BCUT2D eigenvalue weighted by Gasteiger charge is -2.27. The van der Waals surface area contributed by atoms with Gasteiger partial charge in [0.25, 0.3) is 5.91 Å². The van der Waals surface area contributed by atoms with E-state index >= 15 is 0 Å². The van der Waals surface area contributed by atoms with E-state index in [2.05, 4.69) is 10.6 Å². The van der Waals surface area contributed by atoms with Crippen LogP contribution in [0.3, 0.4) is 0 Å². The Morgan fingerprint density at radius 3 is 2.63 bits per heavy atom. The molecule has 0 aliphatic carbocycles. The average molecular weight is 366 g/mol. The van der Waals surface area contributed by atoms with Crippen LogP contribution < -0.4 is 15.4 Å². The molecule has 140 valence electrons. The number of hydrogen-bond donors (Lipinski definition) is 3. The average Bonchev–Trinajstić information content (AvgIpc) is 2.66. The number of allylic oxidation sites excluding steroid dienone is 1. The number of piperidine rings is 1. The van der Waals surface area contributed by atoms with Gasteiger partial charge in [-0.3, -0.25) is 14.9 Å². The molecule has 0 saturated carbocycles. The molecule has 3 rings (SSSR count). The number of nitrogens with one attached hydrogen (secondary N) is 2. The number of methoxy groups -OCH3 is 1. The Labute approximate surface area is 157 Å². The monoisotopic (exact) mass is 366 g/mol. The molecule has 0 spiro atoms. The SMILES string of the molecule is COc1ccc(CN/C(C)=C2\C(=O)NC(=O)CC2c2ccccc2)cc1O. The van der Waals surface area contributed by atoms with Crippen LogP contribution in [0.2, 0.25) is 0 Å². The number of rotatable bonds is 5. The van der Waals surface area contributed by atoms with Crippen molar-refractivity contribution >= 4 is 11.8 Å². The first-order valence-corrected chi connectivity index (χ1v) is 8.69. The molecule has 1 atom stereocenters. The van der Waals surface area contributed by atoms with E-state index < -0.39 is 0 Å². The lowest BCUT2D eigenvalue weighted by Crippen LogP contribution is -2.41. The standard InChI is InChI=1S/C21H22N2O4/c1-13(22-12-14-8-9-18(27-2)17(24)10-14)20-16(11-19(25)23-21(20)26)15-6-4-3-5-7-15/h3-10,16,22,24H,11-12H2,1-2H3,(H,23,25,26)/b20-13-. The number of benzene rings is 2. The molecular formula is C21H22N2O4. The first-order chi connectivity index (χ1) is 13.0. The van der Waals surface area contributed by atoms with Crippen molar-refractivity contribution < 1.29 is 19.4 Å². The zero-order chi connectivity index (χ0) is 19.4. The third-order valence-corrected chi connectivity index (χ3v) is 4.64. The summed E-state index contributed by atoms with van der Waals surface area (Å²) in [6.07, 6.45) is 0.230. The van der Waals surface area contributed by atoms with E-state index in [1.807, 2.05) is 43.3 Å². The van der Waals surface area contributed by atoms with Crippen LogP contribution in [0.5, 0.6) is 11.5 Å². The van der Waals surface area contributed by atoms with Crippen LogP contribution in [-0.4, -0.2) is 24.0 Å². The van der Waals surface area contributed by atoms with E-state index in [1.54, 1.807) is 12.1 Å². The van der Waals surface area contributed by atoms with Gasteiger partial charge in [0.1, 0.15) is 0 Å². The normalized spacial score (nSPS) is 18.7. The fourth-order valence-electron chi connectivity index (χ4n) is 3.27. The van der Waals surface area contributed by atoms with E-state index in [0.717, 1.165) is 11.1 Å². The number of aromatic hydroxyl groups is 1. The summed E-state index contributed by atoms with van der Waals surface area (Å²) in [5, 5.41) is 15.5. The molecule has 2 aromatic carbocycles. The maximum atomic E-state index is 12.5. The van der Waals surface area contributed by atoms with Crippen molar-refractivity contribution in [3.63, 3.8) is 0 Å². The number of carbonyl (C=O) groups is 2. The zero-order valence-electron chi connectivity index (χ0n) is 15.3. The second kappa shape index (κ2) is 7.95. The van der Waals surface area contributed by atoms with Crippen LogP contribution in [0, 0.1) is 0 Å². The van der Waals surface area contributed by atoms with Gasteiger partial charge in [-0.05, 0) is 30.2 Å². The number of hydrogen-bond acceptors (Lipinski definition) is 5. The van der Waals surface area contributed by atoms with E-state index in [0.29, 0.717) is 23.6 Å². The second-order valence-corrected chi connectivity index (χ2v) is 6.44. The van der Waals surface area contributed by atoms with Gasteiger partial charge in [0.05, 0.1) is 7.11 Å². The second-order valence-electron chi connectivity index (χ2n) is 6.44. The van der Waals surface area contributed by atoms with Gasteiger partial charge in [-0.1, -0.05) is 36.4 Å². The predicted octanol–water partition coefficient (Wildman–Crippen LogP) is 2.59. The van der Waals surface area contributed by atoms with Crippen molar-refractivity contribution in [3.05, 3.63) is 70.9 Å². The number of phenols is 1. The fourth-order valence-corrected chi connectivity index (χ4v) is 3.27. The molecule has 2 amide bonds. The number of amides is 2. The summed E-state index contributed by atoms with van der Waals surface area (Å²) in [6, 6.07) is 14.7. The third-order valence-electron chi connectivity index (χ3n) is 4.64. The molecule has 1 heterocycles. The molecule has 1 unspecified atom stereocenters. The van der Waals surface area contributed by atoms with Gasteiger partial charge < -0.3 is 15.2 Å². The Kier molecular flexibility index (Phi) is 5.45. The van der Waals surface area contributed by atoms with Crippen LogP contribution >= 0.6 is 0 Å². The van der Waals surface area contributed by atoms with Crippen molar-refractivity contribution in [1.29, 1.82) is 0 Å². The molecular weight excluding hydrogens is 344 g/mol. The molecule has 0 bridgehead atoms. The maximum Gasteiger partial charge on any atom is 0.256 e. The number of phenolic OH excluding ortho intramolecular Hbond substituents is 1. The Bertz CT molecular complexity index is 890. The first kappa shape index (κ1) is 18.5. The van der Waals surface area contributed by atoms with Crippen LogP contribution in [0.1, 0.15) is 30.4 Å². The summed E-state index contributed by atoms with van der Waals surface area (Å²) in [4.78, 5) is 24.4. The van der Waals surface area contributed by atoms with E-state index in [4.69, 9.17) is 4.74 Å². The van der Waals surface area contributed by atoms with Gasteiger partial charge in [-0.15, -0.1) is 0 Å².